The molecule has 6 nitrogen and oxygen atoms in total. The summed E-state index contributed by atoms with van der Waals surface area (Å²) in [6.45, 7) is 8.71. The number of guanidine groups is 1. The van der Waals surface area contributed by atoms with Crippen LogP contribution in [0.15, 0.2) is 4.99 Å². The van der Waals surface area contributed by atoms with E-state index in [1.54, 1.807) is 7.05 Å². The third-order valence-corrected chi connectivity index (χ3v) is 3.98. The van der Waals surface area contributed by atoms with E-state index in [4.69, 9.17) is 0 Å². The largest absolute Gasteiger partial charge is 0.356 e. The molecule has 2 N–H and O–H groups in total. The van der Waals surface area contributed by atoms with Gasteiger partial charge in [0.2, 0.25) is 10.0 Å². The van der Waals surface area contributed by atoms with Gasteiger partial charge < -0.3 is 10.6 Å². The Labute approximate surface area is 117 Å². The van der Waals surface area contributed by atoms with Crippen LogP contribution >= 0.6 is 0 Å². The van der Waals surface area contributed by atoms with Crippen molar-refractivity contribution in [1.29, 1.82) is 0 Å². The normalized spacial score (nSPS) is 13.1. The molecular formula is C12H28N4O2S. The smallest absolute Gasteiger partial charge is 0.211 e. The van der Waals surface area contributed by atoms with E-state index in [1.165, 1.54) is 10.6 Å². The van der Waals surface area contributed by atoms with E-state index in [1.807, 2.05) is 6.92 Å². The van der Waals surface area contributed by atoms with E-state index in [0.29, 0.717) is 25.6 Å². The van der Waals surface area contributed by atoms with Crippen LogP contribution in [0.5, 0.6) is 0 Å². The SMILES string of the molecule is CCN(CCCNC(=NC)NCC(C)C)S(C)(=O)=O. The Hall–Kier alpha value is -0.820. The van der Waals surface area contributed by atoms with Gasteiger partial charge in [-0.3, -0.25) is 4.99 Å². The van der Waals surface area contributed by atoms with Gasteiger partial charge in [-0.05, 0) is 12.3 Å². The summed E-state index contributed by atoms with van der Waals surface area (Å²) in [5.74, 6) is 1.32. The van der Waals surface area contributed by atoms with Crippen LogP contribution in [0.25, 0.3) is 0 Å². The summed E-state index contributed by atoms with van der Waals surface area (Å²) in [5, 5.41) is 6.38. The quantitative estimate of drug-likeness (QED) is 0.388. The number of hydrogen-bond acceptors (Lipinski definition) is 3. The van der Waals surface area contributed by atoms with E-state index in [-0.39, 0.29) is 0 Å². The zero-order valence-corrected chi connectivity index (χ0v) is 13.5. The molecule has 0 aliphatic heterocycles. The number of nitrogens with one attached hydrogen (secondary N) is 2. The molecule has 0 heterocycles. The lowest BCUT2D eigenvalue weighted by atomic mass is 10.2. The van der Waals surface area contributed by atoms with Crippen molar-refractivity contribution in [3.8, 4) is 0 Å². The Morgan fingerprint density at radius 3 is 2.37 bits per heavy atom. The molecule has 0 fully saturated rings. The summed E-state index contributed by atoms with van der Waals surface area (Å²) in [5.41, 5.74) is 0. The van der Waals surface area contributed by atoms with E-state index in [9.17, 15) is 8.42 Å². The van der Waals surface area contributed by atoms with Gasteiger partial charge in [0.15, 0.2) is 5.96 Å². The summed E-state index contributed by atoms with van der Waals surface area (Å²) in [6, 6.07) is 0. The van der Waals surface area contributed by atoms with Crippen molar-refractivity contribution in [3.63, 3.8) is 0 Å². The van der Waals surface area contributed by atoms with E-state index in [0.717, 1.165) is 18.9 Å². The van der Waals surface area contributed by atoms with Gasteiger partial charge >= 0.3 is 0 Å². The second-order valence-electron chi connectivity index (χ2n) is 4.88. The van der Waals surface area contributed by atoms with Crippen molar-refractivity contribution in [2.24, 2.45) is 10.9 Å². The molecule has 0 atom stereocenters. The van der Waals surface area contributed by atoms with Gasteiger partial charge in [0, 0.05) is 33.2 Å². The molecule has 0 saturated heterocycles. The molecule has 0 aromatic rings. The van der Waals surface area contributed by atoms with Crippen LogP contribution in [0.3, 0.4) is 0 Å². The van der Waals surface area contributed by atoms with Crippen molar-refractivity contribution < 1.29 is 8.42 Å². The van der Waals surface area contributed by atoms with Gasteiger partial charge in [-0.15, -0.1) is 0 Å². The highest BCUT2D eigenvalue weighted by Gasteiger charge is 2.13. The first-order valence-corrected chi connectivity index (χ1v) is 8.55. The molecule has 0 radical (unpaired) electrons. The summed E-state index contributed by atoms with van der Waals surface area (Å²) < 4.78 is 24.3. The van der Waals surface area contributed by atoms with E-state index >= 15 is 0 Å². The molecular weight excluding hydrogens is 264 g/mol. The highest BCUT2D eigenvalue weighted by atomic mass is 32.2. The molecule has 0 aromatic heterocycles. The van der Waals surface area contributed by atoms with Crippen LogP contribution in [0.1, 0.15) is 27.2 Å². The third kappa shape index (κ3) is 8.83. The van der Waals surface area contributed by atoms with Gasteiger partial charge in [-0.2, -0.15) is 0 Å². The van der Waals surface area contributed by atoms with Gasteiger partial charge in [0.25, 0.3) is 0 Å². The maximum absolute atomic E-state index is 11.4. The van der Waals surface area contributed by atoms with Crippen molar-refractivity contribution in [2.45, 2.75) is 27.2 Å². The van der Waals surface area contributed by atoms with Crippen LogP contribution in [0, 0.1) is 5.92 Å². The molecule has 114 valence electrons. The van der Waals surface area contributed by atoms with Crippen LogP contribution in [-0.2, 0) is 10.0 Å². The minimum atomic E-state index is -3.08. The highest BCUT2D eigenvalue weighted by molar-refractivity contribution is 7.88. The Morgan fingerprint density at radius 2 is 1.95 bits per heavy atom. The van der Waals surface area contributed by atoms with Gasteiger partial charge in [-0.25, -0.2) is 12.7 Å². The average molecular weight is 292 g/mol. The monoisotopic (exact) mass is 292 g/mol. The fourth-order valence-electron chi connectivity index (χ4n) is 1.54. The Kier molecular flexibility index (Phi) is 8.75. The predicted molar refractivity (Wildman–Crippen MR) is 80.9 cm³/mol. The molecule has 0 bridgehead atoms. The van der Waals surface area contributed by atoms with Gasteiger partial charge in [0.05, 0.1) is 6.26 Å². The second kappa shape index (κ2) is 9.14. The summed E-state index contributed by atoms with van der Waals surface area (Å²) in [6.07, 6.45) is 2.00. The minimum Gasteiger partial charge on any atom is -0.356 e. The molecule has 0 unspecified atom stereocenters. The molecule has 0 spiro atoms. The first kappa shape index (κ1) is 18.2. The van der Waals surface area contributed by atoms with Gasteiger partial charge in [0.1, 0.15) is 0 Å². The molecule has 0 saturated carbocycles. The van der Waals surface area contributed by atoms with Crippen molar-refractivity contribution in [3.05, 3.63) is 0 Å². The maximum atomic E-state index is 11.4. The van der Waals surface area contributed by atoms with E-state index < -0.39 is 10.0 Å². The lowest BCUT2D eigenvalue weighted by Crippen LogP contribution is -2.40. The summed E-state index contributed by atoms with van der Waals surface area (Å²) >= 11 is 0. The van der Waals surface area contributed by atoms with Crippen LogP contribution in [-0.4, -0.2) is 58.2 Å². The number of rotatable bonds is 8. The average Bonchev–Trinajstić information content (AvgIpc) is 2.30. The summed E-state index contributed by atoms with van der Waals surface area (Å²) in [7, 11) is -1.36. The van der Waals surface area contributed by atoms with Crippen molar-refractivity contribution >= 4 is 16.0 Å². The van der Waals surface area contributed by atoms with Crippen molar-refractivity contribution in [2.75, 3.05) is 39.5 Å². The number of hydrogen-bond donors (Lipinski definition) is 2. The van der Waals surface area contributed by atoms with Crippen molar-refractivity contribution in [1.82, 2.24) is 14.9 Å². The molecule has 0 aromatic carbocycles. The highest BCUT2D eigenvalue weighted by Crippen LogP contribution is 1.98. The van der Waals surface area contributed by atoms with Gasteiger partial charge in [-0.1, -0.05) is 20.8 Å². The summed E-state index contributed by atoms with van der Waals surface area (Å²) in [4.78, 5) is 4.11. The fraction of sp³-hybridized carbons (Fsp3) is 0.917. The lowest BCUT2D eigenvalue weighted by molar-refractivity contribution is 0.424. The molecule has 19 heavy (non-hydrogen) atoms. The molecule has 0 aliphatic rings. The molecule has 0 amide bonds. The minimum absolute atomic E-state index is 0.513. The second-order valence-corrected chi connectivity index (χ2v) is 6.86. The number of sulfonamides is 1. The van der Waals surface area contributed by atoms with Crippen LogP contribution in [0.4, 0.5) is 0 Å². The zero-order valence-electron chi connectivity index (χ0n) is 12.7. The maximum Gasteiger partial charge on any atom is 0.211 e. The first-order chi connectivity index (χ1) is 8.81. The Morgan fingerprint density at radius 1 is 1.32 bits per heavy atom. The Balaban J connectivity index is 3.95. The topological polar surface area (TPSA) is 73.8 Å². The van der Waals surface area contributed by atoms with Crippen LogP contribution in [0.2, 0.25) is 0 Å². The first-order valence-electron chi connectivity index (χ1n) is 6.70. The Bertz CT molecular complexity index is 366. The zero-order chi connectivity index (χ0) is 14.9. The molecule has 7 heteroatoms. The number of nitrogens with zero attached hydrogens (tertiary/aromatic N) is 2. The fourth-order valence-corrected chi connectivity index (χ4v) is 2.47. The third-order valence-electron chi connectivity index (χ3n) is 2.60. The molecule has 0 rings (SSSR count). The lowest BCUT2D eigenvalue weighted by Gasteiger charge is -2.18. The number of aliphatic imine (C=N–C) groups is 1. The standard InChI is InChI=1S/C12H28N4O2S/c1-6-16(19(5,17)18)9-7-8-14-12(13-4)15-10-11(2)3/h11H,6-10H2,1-5H3,(H2,13,14,15). The molecule has 0 aliphatic carbocycles. The van der Waals surface area contributed by atoms with Crippen LogP contribution < -0.4 is 10.6 Å². The predicted octanol–water partition coefficient (Wildman–Crippen LogP) is 0.479. The van der Waals surface area contributed by atoms with E-state index in [2.05, 4.69) is 29.5 Å².